The molecule has 0 saturated heterocycles. The maximum atomic E-state index is 11.8. The van der Waals surface area contributed by atoms with E-state index in [-0.39, 0.29) is 18.4 Å². The molecule has 2 N–H and O–H groups in total. The lowest BCUT2D eigenvalue weighted by Crippen LogP contribution is -2.45. The minimum atomic E-state index is -0.766. The highest BCUT2D eigenvalue weighted by molar-refractivity contribution is 5.81. The number of likely N-dealkylation sites (N-methyl/N-ethyl adjacent to an activating group) is 1. The predicted molar refractivity (Wildman–Crippen MR) is 66.9 cm³/mol. The lowest BCUT2D eigenvalue weighted by molar-refractivity contribution is -0.137. The fourth-order valence-corrected chi connectivity index (χ4v) is 1.62. The average molecular weight is 244 g/mol. The zero-order chi connectivity index (χ0) is 13.3. The molecule has 5 heteroatoms. The zero-order valence-corrected chi connectivity index (χ0v) is 11.0. The van der Waals surface area contributed by atoms with Gasteiger partial charge in [-0.25, -0.2) is 0 Å². The third kappa shape index (κ3) is 6.94. The molecule has 0 rings (SSSR count). The normalized spacial score (nSPS) is 12.2. The van der Waals surface area contributed by atoms with E-state index in [1.807, 2.05) is 20.8 Å². The van der Waals surface area contributed by atoms with Crippen LogP contribution in [0.25, 0.3) is 0 Å². The molecule has 0 aliphatic heterocycles. The third-order valence-electron chi connectivity index (χ3n) is 2.71. The molecule has 1 amide bonds. The molecule has 0 fully saturated rings. The molecule has 0 aliphatic rings. The second-order valence-electron chi connectivity index (χ2n) is 4.04. The van der Waals surface area contributed by atoms with Crippen LogP contribution in [0.4, 0.5) is 0 Å². The van der Waals surface area contributed by atoms with Crippen LogP contribution < -0.4 is 5.32 Å². The number of carbonyl (C=O) groups excluding carboxylic acids is 1. The van der Waals surface area contributed by atoms with E-state index in [4.69, 9.17) is 5.11 Å². The molecular formula is C12H24N2O3. The van der Waals surface area contributed by atoms with Crippen LogP contribution >= 0.6 is 0 Å². The summed E-state index contributed by atoms with van der Waals surface area (Å²) >= 11 is 0. The lowest BCUT2D eigenvalue weighted by atomic mass is 10.2. The highest BCUT2D eigenvalue weighted by Gasteiger charge is 2.16. The molecule has 1 unspecified atom stereocenters. The van der Waals surface area contributed by atoms with E-state index in [2.05, 4.69) is 5.32 Å². The average Bonchev–Trinajstić information content (AvgIpc) is 2.29. The van der Waals surface area contributed by atoms with Crippen LogP contribution in [0.5, 0.6) is 0 Å². The molecule has 0 aromatic carbocycles. The van der Waals surface area contributed by atoms with Crippen molar-refractivity contribution in [2.45, 2.75) is 46.1 Å². The van der Waals surface area contributed by atoms with Gasteiger partial charge in [0.15, 0.2) is 0 Å². The van der Waals surface area contributed by atoms with Crippen LogP contribution in [0.3, 0.4) is 0 Å². The van der Waals surface area contributed by atoms with Gasteiger partial charge in [0.05, 0.1) is 6.04 Å². The Hall–Kier alpha value is -1.10. The fraction of sp³-hybridized carbons (Fsp3) is 0.833. The predicted octanol–water partition coefficient (Wildman–Crippen LogP) is 1.09. The Morgan fingerprint density at radius 3 is 2.29 bits per heavy atom. The largest absolute Gasteiger partial charge is 0.481 e. The molecule has 100 valence electrons. The smallest absolute Gasteiger partial charge is 0.303 e. The molecule has 0 aromatic heterocycles. The van der Waals surface area contributed by atoms with Crippen LogP contribution in [0.2, 0.25) is 0 Å². The summed E-state index contributed by atoms with van der Waals surface area (Å²) in [6.45, 7) is 7.89. The van der Waals surface area contributed by atoms with Gasteiger partial charge in [0.25, 0.3) is 0 Å². The Labute approximate surface area is 103 Å². The first-order chi connectivity index (χ1) is 8.02. The van der Waals surface area contributed by atoms with Crippen molar-refractivity contribution in [3.63, 3.8) is 0 Å². The van der Waals surface area contributed by atoms with Gasteiger partial charge in [-0.05, 0) is 40.2 Å². The molecule has 0 aliphatic carbocycles. The van der Waals surface area contributed by atoms with E-state index in [9.17, 15) is 9.59 Å². The Bertz CT molecular complexity index is 240. The number of hydrogen-bond acceptors (Lipinski definition) is 3. The Morgan fingerprint density at radius 1 is 1.24 bits per heavy atom. The summed E-state index contributed by atoms with van der Waals surface area (Å²) in [5, 5.41) is 11.6. The van der Waals surface area contributed by atoms with Crippen LogP contribution in [0.1, 0.15) is 40.0 Å². The Morgan fingerprint density at radius 2 is 1.82 bits per heavy atom. The van der Waals surface area contributed by atoms with E-state index in [1.165, 1.54) is 0 Å². The molecule has 0 heterocycles. The van der Waals surface area contributed by atoms with Crippen molar-refractivity contribution >= 4 is 11.9 Å². The molecule has 0 saturated carbocycles. The van der Waals surface area contributed by atoms with Crippen molar-refractivity contribution in [2.24, 2.45) is 0 Å². The van der Waals surface area contributed by atoms with Crippen molar-refractivity contribution < 1.29 is 14.7 Å². The lowest BCUT2D eigenvalue weighted by Gasteiger charge is -2.23. The monoisotopic (exact) mass is 244 g/mol. The summed E-state index contributed by atoms with van der Waals surface area (Å²) in [7, 11) is 0. The summed E-state index contributed by atoms with van der Waals surface area (Å²) in [5.41, 5.74) is 0. The Kier molecular flexibility index (Phi) is 8.40. The number of rotatable bonds is 9. The summed E-state index contributed by atoms with van der Waals surface area (Å²) in [6.07, 6.45) is 1.62. The summed E-state index contributed by atoms with van der Waals surface area (Å²) in [6, 6.07) is -0.195. The molecule has 0 spiro atoms. The molecule has 5 nitrogen and oxygen atoms in total. The standard InChI is InChI=1S/C12H24N2O3/c1-4-14(5-2)12(17)10(3)13-9-7-6-8-11(15)16/h10,13H,4-9H2,1-3H3,(H,15,16). The number of carboxylic acids is 1. The van der Waals surface area contributed by atoms with Crippen molar-refractivity contribution in [2.75, 3.05) is 19.6 Å². The second kappa shape index (κ2) is 8.98. The first kappa shape index (κ1) is 15.9. The minimum Gasteiger partial charge on any atom is -0.481 e. The van der Waals surface area contributed by atoms with Crippen LogP contribution in [0.15, 0.2) is 0 Å². The minimum absolute atomic E-state index is 0.105. The number of carboxylic acid groups (broad SMARTS) is 1. The molecule has 0 bridgehead atoms. The van der Waals surface area contributed by atoms with Crippen LogP contribution in [0, 0.1) is 0 Å². The highest BCUT2D eigenvalue weighted by atomic mass is 16.4. The van der Waals surface area contributed by atoms with Crippen LogP contribution in [-0.4, -0.2) is 47.6 Å². The first-order valence-electron chi connectivity index (χ1n) is 6.26. The summed E-state index contributed by atoms with van der Waals surface area (Å²) in [5.74, 6) is -0.662. The topological polar surface area (TPSA) is 69.6 Å². The first-order valence-corrected chi connectivity index (χ1v) is 6.26. The van der Waals surface area contributed by atoms with Crippen molar-refractivity contribution in [1.29, 1.82) is 0 Å². The molecule has 17 heavy (non-hydrogen) atoms. The number of amides is 1. The van der Waals surface area contributed by atoms with Gasteiger partial charge in [-0.3, -0.25) is 9.59 Å². The van der Waals surface area contributed by atoms with Gasteiger partial charge in [0.1, 0.15) is 0 Å². The maximum Gasteiger partial charge on any atom is 0.303 e. The van der Waals surface area contributed by atoms with Gasteiger partial charge in [-0.15, -0.1) is 0 Å². The van der Waals surface area contributed by atoms with Gasteiger partial charge in [-0.2, -0.15) is 0 Å². The van der Waals surface area contributed by atoms with E-state index >= 15 is 0 Å². The second-order valence-corrected chi connectivity index (χ2v) is 4.04. The van der Waals surface area contributed by atoms with Gasteiger partial charge in [-0.1, -0.05) is 0 Å². The van der Waals surface area contributed by atoms with E-state index in [1.54, 1.807) is 4.90 Å². The number of nitrogens with zero attached hydrogens (tertiary/aromatic N) is 1. The van der Waals surface area contributed by atoms with Crippen molar-refractivity contribution in [1.82, 2.24) is 10.2 Å². The number of hydrogen-bond donors (Lipinski definition) is 2. The molecule has 0 aromatic rings. The molecule has 0 radical (unpaired) electrons. The van der Waals surface area contributed by atoms with E-state index in [0.717, 1.165) is 19.5 Å². The van der Waals surface area contributed by atoms with Gasteiger partial charge >= 0.3 is 5.97 Å². The quantitative estimate of drug-likeness (QED) is 0.596. The number of aliphatic carboxylic acids is 1. The number of nitrogens with one attached hydrogen (secondary N) is 1. The molecular weight excluding hydrogens is 220 g/mol. The fourth-order valence-electron chi connectivity index (χ4n) is 1.62. The molecule has 1 atom stereocenters. The van der Waals surface area contributed by atoms with E-state index in [0.29, 0.717) is 13.0 Å². The van der Waals surface area contributed by atoms with Crippen molar-refractivity contribution in [3.8, 4) is 0 Å². The van der Waals surface area contributed by atoms with Crippen molar-refractivity contribution in [3.05, 3.63) is 0 Å². The summed E-state index contributed by atoms with van der Waals surface area (Å²) < 4.78 is 0. The zero-order valence-electron chi connectivity index (χ0n) is 11.0. The maximum absolute atomic E-state index is 11.8. The van der Waals surface area contributed by atoms with Gasteiger partial charge in [0.2, 0.25) is 5.91 Å². The van der Waals surface area contributed by atoms with Gasteiger partial charge in [0, 0.05) is 19.5 Å². The third-order valence-corrected chi connectivity index (χ3v) is 2.71. The Balaban J connectivity index is 3.74. The SMILES string of the molecule is CCN(CC)C(=O)C(C)NCCCCC(=O)O. The van der Waals surface area contributed by atoms with Gasteiger partial charge < -0.3 is 15.3 Å². The van der Waals surface area contributed by atoms with Crippen LogP contribution in [-0.2, 0) is 9.59 Å². The highest BCUT2D eigenvalue weighted by Crippen LogP contribution is 1.97. The summed E-state index contributed by atoms with van der Waals surface area (Å²) in [4.78, 5) is 23.9. The number of carbonyl (C=O) groups is 2. The number of unbranched alkanes of at least 4 members (excludes halogenated alkanes) is 1. The van der Waals surface area contributed by atoms with E-state index < -0.39 is 5.97 Å².